The number of ether oxygens (including phenoxy) is 1. The number of morpholine rings is 1. The molecule has 0 saturated carbocycles. The largest absolute Gasteiger partial charge is 0.755 e. The first kappa shape index (κ1) is 31.1. The van der Waals surface area contributed by atoms with Crippen molar-refractivity contribution < 1.29 is 36.3 Å². The molecule has 0 aliphatic carbocycles. The summed E-state index contributed by atoms with van der Waals surface area (Å²) in [6.07, 6.45) is -2.38. The van der Waals surface area contributed by atoms with Crippen molar-refractivity contribution in [3.63, 3.8) is 0 Å². The minimum atomic E-state index is -4.54. The molecule has 1 aromatic heterocycles. The van der Waals surface area contributed by atoms with Gasteiger partial charge in [0.25, 0.3) is 5.91 Å². The Bertz CT molecular complexity index is 1360. The smallest absolute Gasteiger partial charge is 0.417 e. The monoisotopic (exact) mass is 603 g/mol. The first-order chi connectivity index (χ1) is 20.1. The number of halogens is 3. The van der Waals surface area contributed by atoms with Gasteiger partial charge in [-0.05, 0) is 66.9 Å². The van der Waals surface area contributed by atoms with E-state index >= 15 is 0 Å². The molecule has 1 fully saturated rings. The van der Waals surface area contributed by atoms with Gasteiger partial charge in [0.2, 0.25) is 0 Å². The van der Waals surface area contributed by atoms with Crippen LogP contribution in [0.3, 0.4) is 0 Å². The van der Waals surface area contributed by atoms with E-state index in [9.17, 15) is 31.5 Å². The van der Waals surface area contributed by atoms with Crippen molar-refractivity contribution in [2.24, 2.45) is 0 Å². The van der Waals surface area contributed by atoms with E-state index in [4.69, 9.17) is 4.74 Å². The number of aromatic nitrogens is 1. The number of carbonyl (C=O) groups is 2. The summed E-state index contributed by atoms with van der Waals surface area (Å²) in [7, 11) is 0. The first-order valence-electron chi connectivity index (χ1n) is 13.4. The Morgan fingerprint density at radius 1 is 1.00 bits per heavy atom. The quantitative estimate of drug-likeness (QED) is 0.175. The number of hydrogen-bond donors (Lipinski definition) is 2. The number of anilines is 2. The predicted octanol–water partition coefficient (Wildman–Crippen LogP) is 4.71. The van der Waals surface area contributed by atoms with Crippen LogP contribution in [0.1, 0.15) is 57.2 Å². The minimum Gasteiger partial charge on any atom is -0.755 e. The number of benzene rings is 2. The van der Waals surface area contributed by atoms with E-state index in [1.54, 1.807) is 36.4 Å². The zero-order valence-corrected chi connectivity index (χ0v) is 23.4. The standard InChI is InChI=1S/C29H31F3N4O5S/c30-29(31,32)22-8-13-26(34-19-22)28(38)33-14-2-1-3-25(20-4-9-23(10-5-20)35-42(39)40)27(37)21-6-11-24(12-7-21)36-15-17-41-18-16-36/h4-13,19,25,35H,1-3,14-18H2,(H,33,38)(H,39,40)/p-1. The average molecular weight is 604 g/mol. The fourth-order valence-electron chi connectivity index (χ4n) is 4.65. The topological polar surface area (TPSA) is 124 Å². The second-order valence-corrected chi connectivity index (χ2v) is 10.4. The van der Waals surface area contributed by atoms with Gasteiger partial charge in [0.1, 0.15) is 5.69 Å². The lowest BCUT2D eigenvalue weighted by molar-refractivity contribution is -0.137. The van der Waals surface area contributed by atoms with Crippen LogP contribution in [-0.4, -0.2) is 58.3 Å². The maximum atomic E-state index is 13.6. The molecule has 4 rings (SSSR count). The third kappa shape index (κ3) is 8.60. The number of Topliss-reactive ketones (excluding diaryl/α,β-unsaturated/α-hetero) is 1. The van der Waals surface area contributed by atoms with E-state index in [0.29, 0.717) is 49.9 Å². The zero-order valence-electron chi connectivity index (χ0n) is 22.6. The number of carbonyl (C=O) groups excluding carboxylic acids is 2. The highest BCUT2D eigenvalue weighted by Gasteiger charge is 2.31. The number of hydrogen-bond acceptors (Lipinski definition) is 7. The number of rotatable bonds is 12. The molecule has 224 valence electrons. The van der Waals surface area contributed by atoms with E-state index in [1.807, 2.05) is 12.1 Å². The van der Waals surface area contributed by atoms with Gasteiger partial charge in [-0.25, -0.2) is 0 Å². The fourth-order valence-corrected chi connectivity index (χ4v) is 4.98. The van der Waals surface area contributed by atoms with Crippen molar-refractivity contribution in [1.29, 1.82) is 0 Å². The van der Waals surface area contributed by atoms with Gasteiger partial charge in [-0.15, -0.1) is 0 Å². The molecule has 0 bridgehead atoms. The van der Waals surface area contributed by atoms with Crippen LogP contribution in [0.4, 0.5) is 24.5 Å². The van der Waals surface area contributed by atoms with Crippen molar-refractivity contribution >= 4 is 34.3 Å². The van der Waals surface area contributed by atoms with Crippen molar-refractivity contribution in [3.8, 4) is 0 Å². The number of unbranched alkanes of at least 4 members (excludes halogenated alkanes) is 1. The Labute approximate surface area is 243 Å². The number of ketones is 1. The minimum absolute atomic E-state index is 0.0883. The summed E-state index contributed by atoms with van der Waals surface area (Å²) in [5.41, 5.74) is 1.58. The van der Waals surface area contributed by atoms with Crippen molar-refractivity contribution in [2.75, 3.05) is 42.5 Å². The van der Waals surface area contributed by atoms with Crippen LogP contribution >= 0.6 is 0 Å². The Kier molecular flexibility index (Phi) is 10.7. The molecule has 3 aromatic rings. The number of nitrogens with one attached hydrogen (secondary N) is 2. The molecule has 0 spiro atoms. The number of alkyl halides is 3. The van der Waals surface area contributed by atoms with E-state index < -0.39 is 34.8 Å². The van der Waals surface area contributed by atoms with E-state index in [-0.39, 0.29) is 18.0 Å². The summed E-state index contributed by atoms with van der Waals surface area (Å²) < 4.78 is 67.8. The summed E-state index contributed by atoms with van der Waals surface area (Å²) in [5.74, 6) is -1.19. The highest BCUT2D eigenvalue weighted by Crippen LogP contribution is 2.30. The second kappa shape index (κ2) is 14.4. The highest BCUT2D eigenvalue weighted by atomic mass is 32.2. The Balaban J connectivity index is 1.38. The molecule has 13 heteroatoms. The van der Waals surface area contributed by atoms with Gasteiger partial charge in [-0.1, -0.05) is 18.6 Å². The number of amides is 1. The number of pyridine rings is 1. The summed E-state index contributed by atoms with van der Waals surface area (Å²) in [5, 5.41) is 2.65. The van der Waals surface area contributed by atoms with Gasteiger partial charge in [0.05, 0.1) is 18.8 Å². The van der Waals surface area contributed by atoms with Crippen LogP contribution < -0.4 is 14.9 Å². The molecule has 1 saturated heterocycles. The SMILES string of the molecule is O=C(NCCCCC(C(=O)c1ccc(N2CCOCC2)cc1)c1ccc(NS(=O)[O-])cc1)c1ccc(C(F)(F)F)cn1. The Morgan fingerprint density at radius 3 is 2.29 bits per heavy atom. The average Bonchev–Trinajstić information content (AvgIpc) is 2.99. The van der Waals surface area contributed by atoms with Gasteiger partial charge in [0, 0.05) is 60.0 Å². The van der Waals surface area contributed by atoms with Gasteiger partial charge >= 0.3 is 6.18 Å². The maximum absolute atomic E-state index is 13.6. The third-order valence-electron chi connectivity index (χ3n) is 6.89. The first-order valence-corrected chi connectivity index (χ1v) is 14.4. The van der Waals surface area contributed by atoms with Gasteiger partial charge in [-0.3, -0.25) is 18.8 Å². The molecule has 2 unspecified atom stereocenters. The van der Waals surface area contributed by atoms with Gasteiger partial charge < -0.3 is 24.2 Å². The molecule has 9 nitrogen and oxygen atoms in total. The van der Waals surface area contributed by atoms with Crippen molar-refractivity contribution in [3.05, 3.63) is 89.2 Å². The lowest BCUT2D eigenvalue weighted by atomic mass is 9.86. The molecular weight excluding hydrogens is 573 g/mol. The van der Waals surface area contributed by atoms with Gasteiger partial charge in [-0.2, -0.15) is 13.2 Å². The zero-order chi connectivity index (χ0) is 30.1. The summed E-state index contributed by atoms with van der Waals surface area (Å²) in [6.45, 7) is 3.09. The molecule has 42 heavy (non-hydrogen) atoms. The molecule has 2 aromatic carbocycles. The normalized spacial score (nSPS) is 15.1. The lowest BCUT2D eigenvalue weighted by Crippen LogP contribution is -2.36. The summed E-state index contributed by atoms with van der Waals surface area (Å²) in [4.78, 5) is 31.7. The van der Waals surface area contributed by atoms with Crippen molar-refractivity contribution in [1.82, 2.24) is 10.3 Å². The van der Waals surface area contributed by atoms with E-state index in [1.165, 1.54) is 0 Å². The van der Waals surface area contributed by atoms with E-state index in [2.05, 4.69) is 19.9 Å². The molecule has 1 aliphatic rings. The second-order valence-electron chi connectivity index (χ2n) is 9.70. The van der Waals surface area contributed by atoms with Crippen LogP contribution in [-0.2, 0) is 22.2 Å². The Morgan fingerprint density at radius 2 is 1.69 bits per heavy atom. The van der Waals surface area contributed by atoms with Crippen molar-refractivity contribution in [2.45, 2.75) is 31.4 Å². The Hall–Kier alpha value is -3.81. The fraction of sp³-hybridized carbons (Fsp3) is 0.345. The molecular formula is C29H30F3N4O5S-. The molecule has 0 radical (unpaired) electrons. The van der Waals surface area contributed by atoms with Crippen LogP contribution in [0, 0.1) is 0 Å². The highest BCUT2D eigenvalue weighted by molar-refractivity contribution is 7.80. The predicted molar refractivity (Wildman–Crippen MR) is 151 cm³/mol. The van der Waals surface area contributed by atoms with Crippen LogP contribution in [0.5, 0.6) is 0 Å². The van der Waals surface area contributed by atoms with E-state index in [0.717, 1.165) is 36.5 Å². The molecule has 1 aliphatic heterocycles. The molecule has 1 amide bonds. The van der Waals surface area contributed by atoms with Gasteiger partial charge in [0.15, 0.2) is 5.78 Å². The van der Waals surface area contributed by atoms with Crippen LogP contribution in [0.15, 0.2) is 66.9 Å². The molecule has 2 heterocycles. The molecule has 2 atom stereocenters. The summed E-state index contributed by atoms with van der Waals surface area (Å²) in [6, 6.07) is 15.8. The number of nitrogens with zero attached hydrogens (tertiary/aromatic N) is 2. The van der Waals surface area contributed by atoms with Crippen LogP contribution in [0.25, 0.3) is 0 Å². The van der Waals surface area contributed by atoms with Crippen LogP contribution in [0.2, 0.25) is 0 Å². The lowest BCUT2D eigenvalue weighted by Gasteiger charge is -2.29. The third-order valence-corrected chi connectivity index (χ3v) is 7.29. The summed E-state index contributed by atoms with van der Waals surface area (Å²) >= 11 is -2.48. The maximum Gasteiger partial charge on any atom is 0.417 e. The molecule has 2 N–H and O–H groups in total.